The Kier molecular flexibility index (Phi) is 24.8. The van der Waals surface area contributed by atoms with E-state index in [0.29, 0.717) is 31.4 Å². The van der Waals surface area contributed by atoms with E-state index in [4.69, 9.17) is 28.0 Å². The summed E-state index contributed by atoms with van der Waals surface area (Å²) in [5.41, 5.74) is -4.06. The van der Waals surface area contributed by atoms with Gasteiger partial charge in [-0.3, -0.25) is 33.3 Å². The van der Waals surface area contributed by atoms with Crippen molar-refractivity contribution in [3.63, 3.8) is 0 Å². The van der Waals surface area contributed by atoms with E-state index in [1.165, 1.54) is 24.3 Å². The van der Waals surface area contributed by atoms with Gasteiger partial charge in [-0.1, -0.05) is 6.42 Å². The second-order valence-corrected chi connectivity index (χ2v) is 24.1. The first kappa shape index (κ1) is 61.8. The van der Waals surface area contributed by atoms with Crippen LogP contribution in [0.4, 0.5) is 4.39 Å². The number of hydrogen-bond acceptors (Lipinski definition) is 14. The van der Waals surface area contributed by atoms with Crippen LogP contribution in [0.1, 0.15) is 185 Å². The van der Waals surface area contributed by atoms with E-state index >= 15 is 0 Å². The summed E-state index contributed by atoms with van der Waals surface area (Å²) in [4.78, 5) is 91.7. The van der Waals surface area contributed by atoms with E-state index in [-0.39, 0.29) is 69.7 Å². The topological polar surface area (TPSA) is 216 Å². The Morgan fingerprint density at radius 2 is 1.10 bits per heavy atom. The van der Waals surface area contributed by atoms with Crippen molar-refractivity contribution in [2.24, 2.45) is 11.8 Å². The van der Waals surface area contributed by atoms with Gasteiger partial charge in [-0.2, -0.15) is 0 Å². The number of rotatable bonds is 27. The molecule has 16 nitrogen and oxygen atoms in total. The minimum atomic E-state index is -4.10. The number of amides is 2. The van der Waals surface area contributed by atoms with E-state index in [0.717, 1.165) is 0 Å². The summed E-state index contributed by atoms with van der Waals surface area (Å²) in [7, 11) is -4.10. The van der Waals surface area contributed by atoms with Crippen LogP contribution in [0.3, 0.4) is 0 Å². The molecule has 0 aliphatic heterocycles. The van der Waals surface area contributed by atoms with Gasteiger partial charge in [-0.15, -0.1) is 0 Å². The average Bonchev–Trinajstić information content (AvgIpc) is 3.14. The number of carbonyl (C=O) groups is 7. The van der Waals surface area contributed by atoms with Gasteiger partial charge in [0.05, 0.1) is 30.2 Å². The van der Waals surface area contributed by atoms with Crippen molar-refractivity contribution >= 4 is 49.1 Å². The van der Waals surface area contributed by atoms with Gasteiger partial charge in [0.25, 0.3) is 5.91 Å². The molecule has 1 rings (SSSR count). The standard InChI is InChI=1S/C50H82FN2O14P/c1-46(2,3)63-41(56)29-25-36(44(59)65-48(7,8)9)33-68(61,67-50(13,14)15)62-31-19-21-39(45(60)66-49(10,11)12)53-40(55)28-24-35(43(58)64-47(4,5)6)32-38(54)20-17-16-18-30-52-42(57)34-22-26-37(51)27-23-34/h22-23,26-27,35-36,39H,16-21,24-25,28-33H2,1-15H3,(H,52,57)(H,53,55)/t35-,36-,39+,68?/m1/s1/i51-1. The summed E-state index contributed by atoms with van der Waals surface area (Å²) < 4.78 is 61.8. The highest BCUT2D eigenvalue weighted by Gasteiger charge is 2.39. The summed E-state index contributed by atoms with van der Waals surface area (Å²) in [5, 5.41) is 5.46. The SMILES string of the molecule is CC(C)(C)OC(=O)CC[C@H](CP(=O)(OCCC[C@H](NC(=O)CC[C@H](CC(=O)CCCCCNC(=O)c1ccc([18F])cc1)C(=O)OC(C)(C)C)C(=O)OC(C)(C)C)OC(C)(C)C)C(=O)OC(C)(C)C. The fourth-order valence-corrected chi connectivity index (χ4v) is 8.78. The Morgan fingerprint density at radius 1 is 0.588 bits per heavy atom. The second-order valence-electron chi connectivity index (χ2n) is 22.1. The molecule has 0 aliphatic rings. The number of unbranched alkanes of at least 4 members (excludes halogenated alkanes) is 2. The fourth-order valence-electron chi connectivity index (χ4n) is 6.44. The maximum atomic E-state index is 14.5. The Bertz CT molecular complexity index is 1870. The molecule has 1 aromatic carbocycles. The molecular formula is C50H82FN2O14P. The summed E-state index contributed by atoms with van der Waals surface area (Å²) in [6, 6.07) is 4.02. The van der Waals surface area contributed by atoms with E-state index < -0.39 is 95.2 Å². The molecule has 2 amide bonds. The zero-order valence-electron chi connectivity index (χ0n) is 43.5. The fraction of sp³-hybridized carbons (Fsp3) is 0.740. The van der Waals surface area contributed by atoms with E-state index in [1.54, 1.807) is 104 Å². The number of esters is 4. The van der Waals surface area contributed by atoms with Crippen molar-refractivity contribution in [1.29, 1.82) is 0 Å². The van der Waals surface area contributed by atoms with E-state index in [2.05, 4.69) is 10.6 Å². The van der Waals surface area contributed by atoms with E-state index in [1.807, 2.05) is 0 Å². The summed E-state index contributed by atoms with van der Waals surface area (Å²) in [6.07, 6.45) is 0.882. The molecule has 0 spiro atoms. The highest BCUT2D eigenvalue weighted by Crippen LogP contribution is 2.54. The molecule has 0 heterocycles. The van der Waals surface area contributed by atoms with Crippen LogP contribution in [0.15, 0.2) is 24.3 Å². The minimum Gasteiger partial charge on any atom is -0.460 e. The maximum absolute atomic E-state index is 14.5. The Labute approximate surface area is 404 Å². The summed E-state index contributed by atoms with van der Waals surface area (Å²) in [6.45, 7) is 25.5. The molecule has 0 aliphatic carbocycles. The van der Waals surface area contributed by atoms with Crippen molar-refractivity contribution in [2.75, 3.05) is 19.3 Å². The van der Waals surface area contributed by atoms with Gasteiger partial charge in [0.1, 0.15) is 40.0 Å². The molecule has 0 saturated heterocycles. The van der Waals surface area contributed by atoms with Gasteiger partial charge in [0, 0.05) is 37.8 Å². The zero-order valence-corrected chi connectivity index (χ0v) is 44.4. The molecule has 0 saturated carbocycles. The first-order valence-corrected chi connectivity index (χ1v) is 25.4. The van der Waals surface area contributed by atoms with Crippen LogP contribution in [-0.2, 0) is 61.3 Å². The number of halogens is 1. The first-order valence-electron chi connectivity index (χ1n) is 23.6. The molecule has 388 valence electrons. The predicted molar refractivity (Wildman–Crippen MR) is 256 cm³/mol. The number of carbonyl (C=O) groups excluding carboxylic acids is 7. The molecule has 2 N–H and O–H groups in total. The summed E-state index contributed by atoms with van der Waals surface area (Å²) in [5.74, 6) is -6.16. The molecule has 0 radical (unpaired) electrons. The lowest BCUT2D eigenvalue weighted by molar-refractivity contribution is -0.162. The van der Waals surface area contributed by atoms with Gasteiger partial charge in [0.2, 0.25) is 5.91 Å². The van der Waals surface area contributed by atoms with Crippen LogP contribution >= 0.6 is 7.60 Å². The van der Waals surface area contributed by atoms with Gasteiger partial charge in [-0.05, 0) is 167 Å². The van der Waals surface area contributed by atoms with Crippen LogP contribution in [0.5, 0.6) is 0 Å². The number of ketones is 1. The van der Waals surface area contributed by atoms with Crippen LogP contribution in [-0.4, -0.2) is 94.8 Å². The molecule has 1 aromatic rings. The third-order valence-electron chi connectivity index (χ3n) is 9.12. The molecule has 0 aromatic heterocycles. The van der Waals surface area contributed by atoms with Crippen molar-refractivity contribution in [1.82, 2.24) is 10.6 Å². The molecule has 0 bridgehead atoms. The van der Waals surface area contributed by atoms with Crippen molar-refractivity contribution in [2.45, 2.75) is 209 Å². The highest BCUT2D eigenvalue weighted by molar-refractivity contribution is 7.53. The molecule has 68 heavy (non-hydrogen) atoms. The smallest absolute Gasteiger partial charge is 0.332 e. The average molecular weight is 984 g/mol. The van der Waals surface area contributed by atoms with Crippen LogP contribution in [0.2, 0.25) is 0 Å². The Morgan fingerprint density at radius 3 is 1.63 bits per heavy atom. The lowest BCUT2D eigenvalue weighted by atomic mass is 9.94. The first-order chi connectivity index (χ1) is 30.9. The number of benzene rings is 1. The second kappa shape index (κ2) is 27.3. The lowest BCUT2D eigenvalue weighted by Crippen LogP contribution is -2.44. The molecular weight excluding hydrogens is 902 g/mol. The Balaban J connectivity index is 3.07. The van der Waals surface area contributed by atoms with E-state index in [9.17, 15) is 42.5 Å². The highest BCUT2D eigenvalue weighted by atomic mass is 31.2. The molecule has 0 fully saturated rings. The lowest BCUT2D eigenvalue weighted by Gasteiger charge is -2.30. The molecule has 4 atom stereocenters. The quantitative estimate of drug-likeness (QED) is 0.0363. The van der Waals surface area contributed by atoms with Gasteiger partial charge < -0.3 is 38.6 Å². The third kappa shape index (κ3) is 29.6. The van der Waals surface area contributed by atoms with Crippen LogP contribution < -0.4 is 10.6 Å². The van der Waals surface area contributed by atoms with Gasteiger partial charge >= 0.3 is 31.5 Å². The number of Topliss-reactive ketones (excluding diaryl/α,β-unsaturated/α-hetero) is 1. The number of ether oxygens (including phenoxy) is 4. The predicted octanol–water partition coefficient (Wildman–Crippen LogP) is 9.52. The van der Waals surface area contributed by atoms with Crippen molar-refractivity contribution in [3.8, 4) is 0 Å². The van der Waals surface area contributed by atoms with Crippen LogP contribution in [0.25, 0.3) is 0 Å². The largest absolute Gasteiger partial charge is 0.460 e. The molecule has 1 unspecified atom stereocenters. The molecule has 18 heteroatoms. The monoisotopic (exact) mass is 984 g/mol. The summed E-state index contributed by atoms with van der Waals surface area (Å²) >= 11 is 0. The number of hydrogen-bond donors (Lipinski definition) is 2. The minimum absolute atomic E-state index is 0.0196. The van der Waals surface area contributed by atoms with Crippen molar-refractivity contribution in [3.05, 3.63) is 35.6 Å². The van der Waals surface area contributed by atoms with Crippen molar-refractivity contribution < 1.29 is 70.5 Å². The van der Waals surface area contributed by atoms with Gasteiger partial charge in [0.15, 0.2) is 0 Å². The third-order valence-corrected chi connectivity index (χ3v) is 11.4. The normalized spacial score (nSPS) is 14.6. The van der Waals surface area contributed by atoms with Gasteiger partial charge in [-0.25, -0.2) is 9.18 Å². The zero-order chi connectivity index (χ0) is 52.3. The Hall–Kier alpha value is -4.21. The maximum Gasteiger partial charge on any atom is 0.332 e. The van der Waals surface area contributed by atoms with Crippen LogP contribution in [0, 0.1) is 17.7 Å². The number of nitrogens with one attached hydrogen (secondary N) is 2.